The topological polar surface area (TPSA) is 43.4 Å². The van der Waals surface area contributed by atoms with E-state index < -0.39 is 10.1 Å². The summed E-state index contributed by atoms with van der Waals surface area (Å²) in [7, 11) is -3.92. The second-order valence-electron chi connectivity index (χ2n) is 5.53. The van der Waals surface area contributed by atoms with Gasteiger partial charge < -0.3 is 0 Å². The van der Waals surface area contributed by atoms with Crippen LogP contribution in [0.2, 0.25) is 10.0 Å². The molecule has 6 heteroatoms. The summed E-state index contributed by atoms with van der Waals surface area (Å²) < 4.78 is 30.5. The molecule has 0 heterocycles. The second-order valence-corrected chi connectivity index (χ2v) is 7.85. The van der Waals surface area contributed by atoms with Crippen LogP contribution in [-0.4, -0.2) is 14.5 Å². The molecule has 2 aromatic carbocycles. The van der Waals surface area contributed by atoms with E-state index in [4.69, 9.17) is 27.4 Å². The minimum Gasteiger partial charge on any atom is -0.263 e. The van der Waals surface area contributed by atoms with Crippen LogP contribution in [0.4, 0.5) is 0 Å². The van der Waals surface area contributed by atoms with Gasteiger partial charge in [-0.1, -0.05) is 66.7 Å². The third-order valence-electron chi connectivity index (χ3n) is 3.98. The predicted molar refractivity (Wildman–Crippen MR) is 89.1 cm³/mol. The van der Waals surface area contributed by atoms with Gasteiger partial charge in [0.2, 0.25) is 0 Å². The lowest BCUT2D eigenvalue weighted by molar-refractivity contribution is 0.162. The molecule has 0 amide bonds. The van der Waals surface area contributed by atoms with Crippen molar-refractivity contribution in [1.29, 1.82) is 0 Å². The van der Waals surface area contributed by atoms with Crippen LogP contribution in [0.25, 0.3) is 10.8 Å². The normalized spacial score (nSPS) is 17.0. The van der Waals surface area contributed by atoms with Crippen molar-refractivity contribution in [1.82, 2.24) is 0 Å². The molecule has 0 unspecified atom stereocenters. The Morgan fingerprint density at radius 3 is 2.32 bits per heavy atom. The molecule has 0 spiro atoms. The number of halogens is 2. The summed E-state index contributed by atoms with van der Waals surface area (Å²) in [5, 5.41) is 1.86. The molecule has 2 aromatic rings. The summed E-state index contributed by atoms with van der Waals surface area (Å²) >= 11 is 12.5. The molecule has 0 aromatic heterocycles. The summed E-state index contributed by atoms with van der Waals surface area (Å²) in [6.07, 6.45) is 4.37. The van der Waals surface area contributed by atoms with E-state index in [1.807, 2.05) is 12.1 Å². The molecule has 0 radical (unpaired) electrons. The van der Waals surface area contributed by atoms with Gasteiger partial charge in [0.05, 0.1) is 11.1 Å². The highest BCUT2D eigenvalue weighted by molar-refractivity contribution is 7.87. The lowest BCUT2D eigenvalue weighted by Crippen LogP contribution is -2.21. The van der Waals surface area contributed by atoms with Crippen LogP contribution in [-0.2, 0) is 14.3 Å². The van der Waals surface area contributed by atoms with E-state index >= 15 is 0 Å². The molecule has 118 valence electrons. The van der Waals surface area contributed by atoms with Crippen molar-refractivity contribution in [2.24, 2.45) is 0 Å². The Kier molecular flexibility index (Phi) is 4.64. The van der Waals surface area contributed by atoms with E-state index in [-0.39, 0.29) is 16.0 Å². The van der Waals surface area contributed by atoms with Gasteiger partial charge in [-0.2, -0.15) is 8.42 Å². The van der Waals surface area contributed by atoms with E-state index in [1.165, 1.54) is 6.07 Å². The zero-order valence-corrected chi connectivity index (χ0v) is 14.2. The van der Waals surface area contributed by atoms with Crippen LogP contribution in [0.15, 0.2) is 35.2 Å². The van der Waals surface area contributed by atoms with Crippen LogP contribution in [0, 0.1) is 0 Å². The average Bonchev–Trinajstić information content (AvgIpc) is 2.51. The molecule has 0 atom stereocenters. The summed E-state index contributed by atoms with van der Waals surface area (Å²) in [4.78, 5) is -0.0524. The first kappa shape index (κ1) is 16.1. The van der Waals surface area contributed by atoms with Crippen LogP contribution >= 0.6 is 23.2 Å². The highest BCUT2D eigenvalue weighted by atomic mass is 35.5. The molecule has 1 fully saturated rings. The molecule has 1 saturated carbocycles. The van der Waals surface area contributed by atoms with E-state index in [9.17, 15) is 8.42 Å². The maximum atomic E-state index is 12.6. The van der Waals surface area contributed by atoms with Crippen LogP contribution in [0.5, 0.6) is 0 Å². The molecule has 1 aliphatic carbocycles. The maximum absolute atomic E-state index is 12.6. The fraction of sp³-hybridized carbons (Fsp3) is 0.375. The SMILES string of the molecule is O=S(=O)(OC1CCCCC1)c1cc(Cl)c2ccccc2c1Cl. The highest BCUT2D eigenvalue weighted by Gasteiger charge is 2.27. The molecule has 3 rings (SSSR count). The summed E-state index contributed by atoms with van der Waals surface area (Å²) in [6, 6.07) is 8.57. The Labute approximate surface area is 140 Å². The van der Waals surface area contributed by atoms with Gasteiger partial charge in [0, 0.05) is 15.8 Å². The monoisotopic (exact) mass is 358 g/mol. The average molecular weight is 359 g/mol. The van der Waals surface area contributed by atoms with Gasteiger partial charge in [-0.05, 0) is 18.9 Å². The van der Waals surface area contributed by atoms with E-state index in [0.29, 0.717) is 10.4 Å². The van der Waals surface area contributed by atoms with Crippen molar-refractivity contribution >= 4 is 44.1 Å². The van der Waals surface area contributed by atoms with E-state index in [2.05, 4.69) is 0 Å². The van der Waals surface area contributed by atoms with Gasteiger partial charge in [-0.3, -0.25) is 4.18 Å². The van der Waals surface area contributed by atoms with Crippen molar-refractivity contribution < 1.29 is 12.6 Å². The van der Waals surface area contributed by atoms with Gasteiger partial charge in [0.1, 0.15) is 4.90 Å². The Balaban J connectivity index is 2.03. The van der Waals surface area contributed by atoms with E-state index in [0.717, 1.165) is 37.5 Å². The largest absolute Gasteiger partial charge is 0.298 e. The lowest BCUT2D eigenvalue weighted by atomic mass is 9.98. The first-order chi connectivity index (χ1) is 10.5. The van der Waals surface area contributed by atoms with Gasteiger partial charge in [0.15, 0.2) is 0 Å². The lowest BCUT2D eigenvalue weighted by Gasteiger charge is -2.22. The number of benzene rings is 2. The molecule has 0 saturated heterocycles. The first-order valence-electron chi connectivity index (χ1n) is 7.29. The van der Waals surface area contributed by atoms with Crippen molar-refractivity contribution in [3.05, 3.63) is 40.4 Å². The standard InChI is InChI=1S/C16H16Cl2O3S/c17-14-10-15(16(18)13-9-5-4-8-12(13)14)22(19,20)21-11-6-2-1-3-7-11/h4-5,8-11H,1-3,6-7H2. The maximum Gasteiger partial charge on any atom is 0.298 e. The number of rotatable bonds is 3. The van der Waals surface area contributed by atoms with Gasteiger partial charge in [-0.15, -0.1) is 0 Å². The van der Waals surface area contributed by atoms with Crippen LogP contribution < -0.4 is 0 Å². The summed E-state index contributed by atoms with van der Waals surface area (Å²) in [6.45, 7) is 0. The molecule has 0 aliphatic heterocycles. The van der Waals surface area contributed by atoms with Crippen LogP contribution in [0.1, 0.15) is 32.1 Å². The zero-order chi connectivity index (χ0) is 15.7. The van der Waals surface area contributed by atoms with Crippen molar-refractivity contribution in [2.75, 3.05) is 0 Å². The Morgan fingerprint density at radius 2 is 1.64 bits per heavy atom. The smallest absolute Gasteiger partial charge is 0.263 e. The molecule has 3 nitrogen and oxygen atoms in total. The quantitative estimate of drug-likeness (QED) is 0.709. The van der Waals surface area contributed by atoms with Gasteiger partial charge >= 0.3 is 0 Å². The predicted octanol–water partition coefficient (Wildman–Crippen LogP) is 5.18. The Hall–Kier alpha value is -0.810. The fourth-order valence-corrected chi connectivity index (χ4v) is 4.93. The third kappa shape index (κ3) is 3.11. The zero-order valence-electron chi connectivity index (χ0n) is 11.9. The first-order valence-corrected chi connectivity index (χ1v) is 9.45. The minimum absolute atomic E-state index is 0.0524. The Morgan fingerprint density at radius 1 is 1.00 bits per heavy atom. The number of hydrogen-bond donors (Lipinski definition) is 0. The summed E-state index contributed by atoms with van der Waals surface area (Å²) in [5.74, 6) is 0. The summed E-state index contributed by atoms with van der Waals surface area (Å²) in [5.41, 5.74) is 0. The molecule has 22 heavy (non-hydrogen) atoms. The van der Waals surface area contributed by atoms with Crippen molar-refractivity contribution in [2.45, 2.75) is 43.1 Å². The number of fused-ring (bicyclic) bond motifs is 1. The molecule has 0 N–H and O–H groups in total. The molecular weight excluding hydrogens is 343 g/mol. The molecule has 0 bridgehead atoms. The minimum atomic E-state index is -3.92. The molecule has 1 aliphatic rings. The van der Waals surface area contributed by atoms with Crippen LogP contribution in [0.3, 0.4) is 0 Å². The second kappa shape index (κ2) is 6.36. The fourth-order valence-electron chi connectivity index (χ4n) is 2.85. The van der Waals surface area contributed by atoms with Gasteiger partial charge in [-0.25, -0.2) is 0 Å². The highest BCUT2D eigenvalue weighted by Crippen LogP contribution is 2.37. The van der Waals surface area contributed by atoms with Gasteiger partial charge in [0.25, 0.3) is 10.1 Å². The third-order valence-corrected chi connectivity index (χ3v) is 6.20. The van der Waals surface area contributed by atoms with E-state index in [1.54, 1.807) is 12.1 Å². The number of hydrogen-bond acceptors (Lipinski definition) is 3. The Bertz CT molecular complexity index is 796. The van der Waals surface area contributed by atoms with Crippen molar-refractivity contribution in [3.8, 4) is 0 Å². The molecular formula is C16H16Cl2O3S. The van der Waals surface area contributed by atoms with Crippen molar-refractivity contribution in [3.63, 3.8) is 0 Å².